The summed E-state index contributed by atoms with van der Waals surface area (Å²) >= 11 is 0. The van der Waals surface area contributed by atoms with E-state index in [9.17, 15) is 19.2 Å². The molecule has 9 nitrogen and oxygen atoms in total. The van der Waals surface area contributed by atoms with E-state index in [1.807, 2.05) is 23.1 Å². The number of likely N-dealkylation sites (tertiary alicyclic amines) is 2. The second-order valence-electron chi connectivity index (χ2n) is 9.42. The average molecular weight is 459 g/mol. The molecule has 9 heteroatoms. The maximum atomic E-state index is 12.9. The molecule has 3 unspecified atom stereocenters. The van der Waals surface area contributed by atoms with Gasteiger partial charge in [-0.15, -0.1) is 0 Å². The van der Waals surface area contributed by atoms with Crippen LogP contribution in [0.1, 0.15) is 51.4 Å². The van der Waals surface area contributed by atoms with Gasteiger partial charge in [0.2, 0.25) is 23.6 Å². The van der Waals surface area contributed by atoms with Crippen molar-refractivity contribution in [3.05, 3.63) is 24.0 Å². The van der Waals surface area contributed by atoms with E-state index in [0.29, 0.717) is 26.0 Å². The Labute approximate surface area is 194 Å². The van der Waals surface area contributed by atoms with Gasteiger partial charge in [-0.3, -0.25) is 24.5 Å². The van der Waals surface area contributed by atoms with Crippen molar-refractivity contribution in [2.45, 2.75) is 63.5 Å². The van der Waals surface area contributed by atoms with Gasteiger partial charge in [-0.05, 0) is 44.6 Å². The van der Waals surface area contributed by atoms with Gasteiger partial charge in [-0.1, -0.05) is 12.2 Å². The van der Waals surface area contributed by atoms with Crippen LogP contribution in [0.15, 0.2) is 24.0 Å². The normalized spacial score (nSPS) is 28.0. The number of fused-ring (bicyclic) bond motifs is 1. The number of nitrogens with zero attached hydrogens (tertiary/aromatic N) is 2. The zero-order chi connectivity index (χ0) is 23.4. The zero-order valence-electron chi connectivity index (χ0n) is 19.0. The van der Waals surface area contributed by atoms with E-state index in [2.05, 4.69) is 5.32 Å². The van der Waals surface area contributed by atoms with Crippen molar-refractivity contribution in [2.75, 3.05) is 26.2 Å². The molecule has 33 heavy (non-hydrogen) atoms. The van der Waals surface area contributed by atoms with Crippen LogP contribution in [-0.2, 0) is 23.9 Å². The highest BCUT2D eigenvalue weighted by Gasteiger charge is 2.47. The fourth-order valence-corrected chi connectivity index (χ4v) is 5.12. The van der Waals surface area contributed by atoms with E-state index < -0.39 is 11.9 Å². The van der Waals surface area contributed by atoms with E-state index >= 15 is 0 Å². The number of unbranched alkanes of at least 4 members (excludes halogenated alkanes) is 2. The number of imide groups is 1. The van der Waals surface area contributed by atoms with E-state index in [1.165, 1.54) is 0 Å². The maximum absolute atomic E-state index is 12.9. The van der Waals surface area contributed by atoms with Crippen molar-refractivity contribution in [3.8, 4) is 0 Å². The topological polar surface area (TPSA) is 122 Å². The van der Waals surface area contributed by atoms with Crippen LogP contribution in [0, 0.1) is 11.8 Å². The lowest BCUT2D eigenvalue weighted by Crippen LogP contribution is -2.53. The third kappa shape index (κ3) is 5.46. The largest absolute Gasteiger partial charge is 0.498 e. The zero-order valence-corrected chi connectivity index (χ0v) is 19.0. The first kappa shape index (κ1) is 23.5. The molecule has 0 saturated carbocycles. The Balaban J connectivity index is 1.19. The molecule has 3 saturated heterocycles. The summed E-state index contributed by atoms with van der Waals surface area (Å²) in [4.78, 5) is 52.4. The standard InChI is InChI=1S/C24H34N4O5/c25-16-10-12-27(13-11-16)22(30)7-2-1-3-14-33-20-6-4-5-17-18(20)15-28(24(17)32)19-8-9-21(29)26-23(19)31/h4-6,16-19H,1-3,7-15,25H2,(H,26,29,31). The number of rotatable bonds is 8. The maximum Gasteiger partial charge on any atom is 0.249 e. The number of amides is 4. The van der Waals surface area contributed by atoms with Crippen LogP contribution in [0.2, 0.25) is 0 Å². The van der Waals surface area contributed by atoms with Crippen molar-refractivity contribution < 1.29 is 23.9 Å². The number of nitrogens with two attached hydrogens (primary N) is 1. The lowest BCUT2D eigenvalue weighted by Gasteiger charge is -2.30. The van der Waals surface area contributed by atoms with Crippen LogP contribution >= 0.6 is 0 Å². The smallest absolute Gasteiger partial charge is 0.249 e. The highest BCUT2D eigenvalue weighted by molar-refractivity contribution is 6.02. The van der Waals surface area contributed by atoms with Gasteiger partial charge in [0.15, 0.2) is 0 Å². The highest BCUT2D eigenvalue weighted by atomic mass is 16.5. The summed E-state index contributed by atoms with van der Waals surface area (Å²) in [6.07, 6.45) is 11.1. The van der Waals surface area contributed by atoms with Crippen molar-refractivity contribution in [2.24, 2.45) is 17.6 Å². The number of piperidine rings is 2. The van der Waals surface area contributed by atoms with Gasteiger partial charge in [0.25, 0.3) is 0 Å². The van der Waals surface area contributed by atoms with Crippen LogP contribution < -0.4 is 11.1 Å². The summed E-state index contributed by atoms with van der Waals surface area (Å²) in [5.41, 5.74) is 5.90. The molecule has 4 rings (SSSR count). The van der Waals surface area contributed by atoms with E-state index in [4.69, 9.17) is 10.5 Å². The minimum atomic E-state index is -0.594. The molecular formula is C24H34N4O5. The molecule has 1 aliphatic carbocycles. The number of allylic oxidation sites excluding steroid dienone is 2. The first-order chi connectivity index (χ1) is 15.9. The van der Waals surface area contributed by atoms with Crippen LogP contribution in [-0.4, -0.2) is 71.8 Å². The van der Waals surface area contributed by atoms with Crippen molar-refractivity contribution in [1.82, 2.24) is 15.1 Å². The number of nitrogens with one attached hydrogen (secondary N) is 1. The van der Waals surface area contributed by atoms with Crippen LogP contribution in [0.4, 0.5) is 0 Å². The van der Waals surface area contributed by atoms with Gasteiger partial charge in [-0.25, -0.2) is 0 Å². The Morgan fingerprint density at radius 3 is 2.67 bits per heavy atom. The summed E-state index contributed by atoms with van der Waals surface area (Å²) in [7, 11) is 0. The SMILES string of the molecule is NC1CCN(C(=O)CCCCCOC2=CC=CC3C(=O)N(C4CCC(=O)NC4=O)CC23)CC1. The quantitative estimate of drug-likeness (QED) is 0.411. The Hall–Kier alpha value is -2.68. The van der Waals surface area contributed by atoms with Crippen molar-refractivity contribution >= 4 is 23.6 Å². The Bertz CT molecular complexity index is 846. The molecule has 0 spiro atoms. The van der Waals surface area contributed by atoms with Gasteiger partial charge < -0.3 is 20.3 Å². The first-order valence-corrected chi connectivity index (χ1v) is 12.1. The van der Waals surface area contributed by atoms with Crippen LogP contribution in [0.25, 0.3) is 0 Å². The van der Waals surface area contributed by atoms with Gasteiger partial charge >= 0.3 is 0 Å². The lowest BCUT2D eigenvalue weighted by molar-refractivity contribution is -0.144. The Morgan fingerprint density at radius 1 is 1.12 bits per heavy atom. The Morgan fingerprint density at radius 2 is 1.91 bits per heavy atom. The third-order valence-corrected chi connectivity index (χ3v) is 7.12. The lowest BCUT2D eigenvalue weighted by atomic mass is 9.89. The van der Waals surface area contributed by atoms with Gasteiger partial charge in [0, 0.05) is 44.4 Å². The second-order valence-corrected chi connectivity index (χ2v) is 9.42. The molecule has 3 fully saturated rings. The summed E-state index contributed by atoms with van der Waals surface area (Å²) in [6, 6.07) is -0.371. The van der Waals surface area contributed by atoms with Gasteiger partial charge in [-0.2, -0.15) is 0 Å². The molecule has 3 atom stereocenters. The van der Waals surface area contributed by atoms with Crippen molar-refractivity contribution in [1.29, 1.82) is 0 Å². The predicted octanol–water partition coefficient (Wildman–Crippen LogP) is 0.847. The fraction of sp³-hybridized carbons (Fsp3) is 0.667. The summed E-state index contributed by atoms with van der Waals surface area (Å²) in [6.45, 7) is 2.48. The molecule has 4 aliphatic rings. The third-order valence-electron chi connectivity index (χ3n) is 7.12. The Kier molecular flexibility index (Phi) is 7.47. The number of hydrogen-bond acceptors (Lipinski definition) is 6. The van der Waals surface area contributed by atoms with Crippen LogP contribution in [0.5, 0.6) is 0 Å². The number of ether oxygens (including phenoxy) is 1. The highest BCUT2D eigenvalue weighted by Crippen LogP contribution is 2.37. The van der Waals surface area contributed by atoms with Crippen molar-refractivity contribution in [3.63, 3.8) is 0 Å². The minimum Gasteiger partial charge on any atom is -0.498 e. The number of carbonyl (C=O) groups excluding carboxylic acids is 4. The molecular weight excluding hydrogens is 424 g/mol. The molecule has 0 aromatic heterocycles. The van der Waals surface area contributed by atoms with E-state index in [-0.39, 0.29) is 42.0 Å². The van der Waals surface area contributed by atoms with Crippen LogP contribution in [0.3, 0.4) is 0 Å². The molecule has 0 radical (unpaired) electrons. The van der Waals surface area contributed by atoms with Gasteiger partial charge in [0.1, 0.15) is 11.8 Å². The molecule has 3 heterocycles. The minimum absolute atomic E-state index is 0.0860. The number of carbonyl (C=O) groups is 4. The summed E-state index contributed by atoms with van der Waals surface area (Å²) in [5.74, 6) is -0.223. The molecule has 0 aromatic rings. The first-order valence-electron chi connectivity index (χ1n) is 12.1. The molecule has 3 aliphatic heterocycles. The summed E-state index contributed by atoms with van der Waals surface area (Å²) < 4.78 is 6.03. The molecule has 0 bridgehead atoms. The monoisotopic (exact) mass is 458 g/mol. The molecule has 180 valence electrons. The van der Waals surface area contributed by atoms with Gasteiger partial charge in [0.05, 0.1) is 12.5 Å². The van der Waals surface area contributed by atoms with E-state index in [1.54, 1.807) is 4.90 Å². The average Bonchev–Trinajstić information content (AvgIpc) is 3.13. The second kappa shape index (κ2) is 10.5. The molecule has 3 N–H and O–H groups in total. The van der Waals surface area contributed by atoms with E-state index in [0.717, 1.165) is 51.0 Å². The number of hydrogen-bond donors (Lipinski definition) is 2. The molecule has 4 amide bonds. The molecule has 0 aromatic carbocycles. The predicted molar refractivity (Wildman–Crippen MR) is 120 cm³/mol. The summed E-state index contributed by atoms with van der Waals surface area (Å²) in [5, 5.41) is 2.34. The fourth-order valence-electron chi connectivity index (χ4n) is 5.12.